The van der Waals surface area contributed by atoms with Crippen LogP contribution in [0.2, 0.25) is 0 Å². The molecule has 0 saturated carbocycles. The Morgan fingerprint density at radius 3 is 2.90 bits per heavy atom. The van der Waals surface area contributed by atoms with Gasteiger partial charge >= 0.3 is 0 Å². The number of nitrogens with two attached hydrogens (primary N) is 1. The minimum Gasteiger partial charge on any atom is -0.378 e. The van der Waals surface area contributed by atoms with Gasteiger partial charge in [0, 0.05) is 23.3 Å². The van der Waals surface area contributed by atoms with Crippen LogP contribution in [0.5, 0.6) is 0 Å². The smallest absolute Gasteiger partial charge is 0.0597 e. The zero-order valence-corrected chi connectivity index (χ0v) is 14.0. The average Bonchev–Trinajstić information content (AvgIpc) is 2.38. The number of ether oxygens (including phenoxy) is 1. The van der Waals surface area contributed by atoms with E-state index in [1.54, 1.807) is 0 Å². The lowest BCUT2D eigenvalue weighted by molar-refractivity contribution is -0.0155. The van der Waals surface area contributed by atoms with Gasteiger partial charge in [-0.15, -0.1) is 0 Å². The second-order valence-electron chi connectivity index (χ2n) is 5.86. The van der Waals surface area contributed by atoms with Crippen LogP contribution in [-0.4, -0.2) is 24.8 Å². The lowest BCUT2D eigenvalue weighted by Gasteiger charge is -2.41. The topological polar surface area (TPSA) is 47.3 Å². The number of nitrogens with one attached hydrogen (secondary N) is 1. The maximum absolute atomic E-state index is 6.09. The van der Waals surface area contributed by atoms with Gasteiger partial charge in [0.05, 0.1) is 11.6 Å². The normalized spacial score (nSPS) is 26.5. The van der Waals surface area contributed by atoms with E-state index in [1.165, 1.54) is 5.56 Å². The number of anilines is 1. The minimum atomic E-state index is -0.0364. The molecule has 4 heteroatoms. The molecule has 0 aliphatic carbocycles. The van der Waals surface area contributed by atoms with Crippen LogP contribution in [0.25, 0.3) is 0 Å². The van der Waals surface area contributed by atoms with Crippen LogP contribution >= 0.6 is 15.9 Å². The highest BCUT2D eigenvalue weighted by Gasteiger charge is 2.35. The Labute approximate surface area is 130 Å². The number of aryl methyl sites for hydroxylation is 1. The standard InChI is InChI=1S/C16H25BrN2O/c1-3-4-15-10-16(11-18,5-6-20-15)19-14-8-12(2)7-13(17)9-14/h7-9,15,19H,3-6,10-11,18H2,1-2H3. The molecule has 0 aromatic heterocycles. The summed E-state index contributed by atoms with van der Waals surface area (Å²) in [7, 11) is 0. The summed E-state index contributed by atoms with van der Waals surface area (Å²) in [6.45, 7) is 5.74. The van der Waals surface area contributed by atoms with Crippen molar-refractivity contribution in [2.45, 2.75) is 51.2 Å². The van der Waals surface area contributed by atoms with Gasteiger partial charge in [0.15, 0.2) is 0 Å². The molecule has 2 rings (SSSR count). The lowest BCUT2D eigenvalue weighted by atomic mass is 9.85. The van der Waals surface area contributed by atoms with E-state index in [2.05, 4.69) is 53.3 Å². The Kier molecular flexibility index (Phi) is 5.47. The molecule has 1 aliphatic heterocycles. The van der Waals surface area contributed by atoms with Crippen molar-refractivity contribution >= 4 is 21.6 Å². The molecule has 3 nitrogen and oxygen atoms in total. The van der Waals surface area contributed by atoms with E-state index in [0.29, 0.717) is 12.6 Å². The van der Waals surface area contributed by atoms with E-state index in [0.717, 1.165) is 42.5 Å². The molecule has 2 unspecified atom stereocenters. The first kappa shape index (κ1) is 15.8. The molecular weight excluding hydrogens is 316 g/mol. The van der Waals surface area contributed by atoms with Crippen molar-refractivity contribution in [2.24, 2.45) is 5.73 Å². The van der Waals surface area contributed by atoms with Gasteiger partial charge in [-0.05, 0) is 49.9 Å². The Hall–Kier alpha value is -0.580. The van der Waals surface area contributed by atoms with Gasteiger partial charge in [-0.3, -0.25) is 0 Å². The summed E-state index contributed by atoms with van der Waals surface area (Å²) in [5.74, 6) is 0. The zero-order valence-electron chi connectivity index (χ0n) is 12.4. The van der Waals surface area contributed by atoms with Crippen LogP contribution in [0.3, 0.4) is 0 Å². The fraction of sp³-hybridized carbons (Fsp3) is 0.625. The summed E-state index contributed by atoms with van der Waals surface area (Å²) in [6, 6.07) is 6.41. The van der Waals surface area contributed by atoms with Gasteiger partial charge < -0.3 is 15.8 Å². The van der Waals surface area contributed by atoms with E-state index in [1.807, 2.05) is 0 Å². The van der Waals surface area contributed by atoms with Crippen LogP contribution in [-0.2, 0) is 4.74 Å². The van der Waals surface area contributed by atoms with E-state index in [4.69, 9.17) is 10.5 Å². The summed E-state index contributed by atoms with van der Waals surface area (Å²) in [4.78, 5) is 0. The van der Waals surface area contributed by atoms with Gasteiger partial charge in [0.2, 0.25) is 0 Å². The maximum atomic E-state index is 6.09. The second kappa shape index (κ2) is 6.92. The number of rotatable bonds is 5. The van der Waals surface area contributed by atoms with Gasteiger partial charge in [-0.1, -0.05) is 29.3 Å². The number of benzene rings is 1. The van der Waals surface area contributed by atoms with Crippen molar-refractivity contribution in [1.82, 2.24) is 0 Å². The Bertz CT molecular complexity index is 430. The van der Waals surface area contributed by atoms with Crippen molar-refractivity contribution in [3.8, 4) is 0 Å². The molecule has 1 heterocycles. The Balaban J connectivity index is 2.14. The quantitative estimate of drug-likeness (QED) is 0.855. The predicted octanol–water partition coefficient (Wildman–Crippen LogP) is 3.85. The molecule has 1 aromatic rings. The van der Waals surface area contributed by atoms with E-state index < -0.39 is 0 Å². The van der Waals surface area contributed by atoms with Gasteiger partial charge in [0.1, 0.15) is 0 Å². The third kappa shape index (κ3) is 3.96. The molecule has 20 heavy (non-hydrogen) atoms. The first-order valence-electron chi connectivity index (χ1n) is 7.44. The van der Waals surface area contributed by atoms with Gasteiger partial charge in [-0.25, -0.2) is 0 Å². The highest BCUT2D eigenvalue weighted by atomic mass is 79.9. The van der Waals surface area contributed by atoms with Crippen molar-refractivity contribution in [3.63, 3.8) is 0 Å². The molecule has 2 atom stereocenters. The third-order valence-corrected chi connectivity index (χ3v) is 4.46. The monoisotopic (exact) mass is 340 g/mol. The summed E-state index contributed by atoms with van der Waals surface area (Å²) in [6.07, 6.45) is 4.55. The summed E-state index contributed by atoms with van der Waals surface area (Å²) in [5, 5.41) is 3.68. The van der Waals surface area contributed by atoms with E-state index in [9.17, 15) is 0 Å². The van der Waals surface area contributed by atoms with Crippen LogP contribution in [0.4, 0.5) is 5.69 Å². The highest BCUT2D eigenvalue weighted by molar-refractivity contribution is 9.10. The molecule has 0 amide bonds. The second-order valence-corrected chi connectivity index (χ2v) is 6.78. The molecule has 1 fully saturated rings. The fourth-order valence-electron chi connectivity index (χ4n) is 2.99. The van der Waals surface area contributed by atoms with Crippen molar-refractivity contribution in [1.29, 1.82) is 0 Å². The van der Waals surface area contributed by atoms with Gasteiger partial charge in [0.25, 0.3) is 0 Å². The number of hydrogen-bond acceptors (Lipinski definition) is 3. The summed E-state index contributed by atoms with van der Waals surface area (Å²) in [5.41, 5.74) is 8.43. The molecule has 0 radical (unpaired) electrons. The molecule has 0 spiro atoms. The van der Waals surface area contributed by atoms with Crippen LogP contribution in [0, 0.1) is 6.92 Å². The van der Waals surface area contributed by atoms with E-state index in [-0.39, 0.29) is 5.54 Å². The lowest BCUT2D eigenvalue weighted by Crippen LogP contribution is -2.52. The largest absolute Gasteiger partial charge is 0.378 e. The first-order chi connectivity index (χ1) is 9.57. The van der Waals surface area contributed by atoms with Crippen molar-refractivity contribution in [2.75, 3.05) is 18.5 Å². The summed E-state index contributed by atoms with van der Waals surface area (Å²) >= 11 is 3.56. The molecule has 0 bridgehead atoms. The van der Waals surface area contributed by atoms with Crippen LogP contribution in [0.1, 0.15) is 38.2 Å². The minimum absolute atomic E-state index is 0.0364. The summed E-state index contributed by atoms with van der Waals surface area (Å²) < 4.78 is 6.96. The molecule has 1 saturated heterocycles. The first-order valence-corrected chi connectivity index (χ1v) is 8.23. The molecular formula is C16H25BrN2O. The number of hydrogen-bond donors (Lipinski definition) is 2. The van der Waals surface area contributed by atoms with Gasteiger partial charge in [-0.2, -0.15) is 0 Å². The zero-order chi connectivity index (χ0) is 14.6. The Morgan fingerprint density at radius 1 is 1.45 bits per heavy atom. The fourth-order valence-corrected chi connectivity index (χ4v) is 3.60. The highest BCUT2D eigenvalue weighted by Crippen LogP contribution is 2.31. The van der Waals surface area contributed by atoms with Crippen molar-refractivity contribution in [3.05, 3.63) is 28.2 Å². The molecule has 1 aliphatic rings. The average molecular weight is 341 g/mol. The van der Waals surface area contributed by atoms with Crippen LogP contribution < -0.4 is 11.1 Å². The van der Waals surface area contributed by atoms with Crippen LogP contribution in [0.15, 0.2) is 22.7 Å². The third-order valence-electron chi connectivity index (χ3n) is 4.01. The SMILES string of the molecule is CCCC1CC(CN)(Nc2cc(C)cc(Br)c2)CCO1. The number of halogens is 1. The molecule has 3 N–H and O–H groups in total. The molecule has 1 aromatic carbocycles. The maximum Gasteiger partial charge on any atom is 0.0597 e. The Morgan fingerprint density at radius 2 is 2.25 bits per heavy atom. The molecule has 112 valence electrons. The van der Waals surface area contributed by atoms with Crippen molar-refractivity contribution < 1.29 is 4.74 Å². The van der Waals surface area contributed by atoms with E-state index >= 15 is 0 Å². The predicted molar refractivity (Wildman–Crippen MR) is 88.2 cm³/mol.